The number of carbonyl (C=O) groups is 2. The average Bonchev–Trinajstić information content (AvgIpc) is 2.80. The molecule has 1 fully saturated rings. The van der Waals surface area contributed by atoms with Crippen molar-refractivity contribution in [1.82, 2.24) is 10.2 Å². The lowest BCUT2D eigenvalue weighted by Crippen LogP contribution is -2.54. The van der Waals surface area contributed by atoms with Gasteiger partial charge in [0.15, 0.2) is 0 Å². The largest absolute Gasteiger partial charge is 0.453 e. The van der Waals surface area contributed by atoms with Gasteiger partial charge < -0.3 is 19.7 Å². The Morgan fingerprint density at radius 1 is 1.39 bits per heavy atom. The van der Waals surface area contributed by atoms with E-state index in [9.17, 15) is 9.59 Å². The van der Waals surface area contributed by atoms with E-state index in [4.69, 9.17) is 4.74 Å². The molecule has 18 heavy (non-hydrogen) atoms. The number of ether oxygens (including phenoxy) is 2. The summed E-state index contributed by atoms with van der Waals surface area (Å²) in [7, 11) is 2.78. The van der Waals surface area contributed by atoms with Crippen molar-refractivity contribution in [2.45, 2.75) is 44.9 Å². The van der Waals surface area contributed by atoms with E-state index in [-0.39, 0.29) is 11.9 Å². The van der Waals surface area contributed by atoms with Gasteiger partial charge in [-0.15, -0.1) is 0 Å². The molecular weight excluding hydrogens is 236 g/mol. The highest BCUT2D eigenvalue weighted by Crippen LogP contribution is 2.18. The predicted octanol–water partition coefficient (Wildman–Crippen LogP) is 0.757. The van der Waals surface area contributed by atoms with Gasteiger partial charge in [0.25, 0.3) is 0 Å². The normalized spacial score (nSPS) is 22.4. The maximum Gasteiger partial charge on any atom is 0.407 e. The lowest BCUT2D eigenvalue weighted by Gasteiger charge is -2.29. The lowest BCUT2D eigenvalue weighted by atomic mass is 10.1. The Bertz CT molecular complexity index is 308. The van der Waals surface area contributed by atoms with Crippen LogP contribution in [0, 0.1) is 0 Å². The molecule has 1 rings (SSSR count). The van der Waals surface area contributed by atoms with E-state index in [1.807, 2.05) is 6.92 Å². The molecule has 0 spiro atoms. The Morgan fingerprint density at radius 3 is 2.50 bits per heavy atom. The molecule has 1 unspecified atom stereocenters. The second-order valence-electron chi connectivity index (χ2n) is 4.58. The first-order valence-corrected chi connectivity index (χ1v) is 6.19. The third-order valence-corrected chi connectivity index (χ3v) is 3.40. The van der Waals surface area contributed by atoms with Gasteiger partial charge in [-0.3, -0.25) is 4.79 Å². The summed E-state index contributed by atoms with van der Waals surface area (Å²) in [4.78, 5) is 25.5. The minimum absolute atomic E-state index is 0.111. The molecular formula is C12H22N2O4. The highest BCUT2D eigenvalue weighted by Gasteiger charge is 2.35. The van der Waals surface area contributed by atoms with Crippen molar-refractivity contribution in [1.29, 1.82) is 0 Å². The van der Waals surface area contributed by atoms with Crippen molar-refractivity contribution in [2.75, 3.05) is 20.8 Å². The van der Waals surface area contributed by atoms with Crippen LogP contribution in [-0.2, 0) is 14.3 Å². The summed E-state index contributed by atoms with van der Waals surface area (Å²) in [6.07, 6.45) is 0.977. The number of rotatable bonds is 4. The summed E-state index contributed by atoms with van der Waals surface area (Å²) >= 11 is 0. The van der Waals surface area contributed by atoms with Gasteiger partial charge in [-0.2, -0.15) is 0 Å². The lowest BCUT2D eigenvalue weighted by molar-refractivity contribution is -0.137. The quantitative estimate of drug-likeness (QED) is 0.808. The fourth-order valence-electron chi connectivity index (χ4n) is 2.14. The number of nitrogens with one attached hydrogen (secondary N) is 1. The Morgan fingerprint density at radius 2 is 2.06 bits per heavy atom. The van der Waals surface area contributed by atoms with Crippen LogP contribution in [-0.4, -0.2) is 55.9 Å². The minimum atomic E-state index is -0.706. The molecule has 0 bridgehead atoms. The molecule has 0 aromatic heterocycles. The zero-order chi connectivity index (χ0) is 13.7. The first-order chi connectivity index (χ1) is 8.51. The summed E-state index contributed by atoms with van der Waals surface area (Å²) < 4.78 is 9.69. The van der Waals surface area contributed by atoms with Gasteiger partial charge in [0.2, 0.25) is 5.91 Å². The van der Waals surface area contributed by atoms with Crippen LogP contribution in [0.15, 0.2) is 0 Å². The van der Waals surface area contributed by atoms with Crippen molar-refractivity contribution in [3.8, 4) is 0 Å². The predicted molar refractivity (Wildman–Crippen MR) is 66.2 cm³/mol. The molecule has 1 aliphatic rings. The number of likely N-dealkylation sites (tertiary alicyclic amines) is 1. The van der Waals surface area contributed by atoms with Crippen LogP contribution >= 0.6 is 0 Å². The van der Waals surface area contributed by atoms with Crippen molar-refractivity contribution in [3.05, 3.63) is 0 Å². The molecule has 1 heterocycles. The zero-order valence-electron chi connectivity index (χ0n) is 11.4. The standard InChI is InChI=1S/C12H22N2O4/c1-8-6-5-7-14(8)11(15)10(9(2)17-3)13-12(16)18-4/h8-10H,5-7H2,1-4H3,(H,13,16)/t8?,9-,10+/m1/s1. The fraction of sp³-hybridized carbons (Fsp3) is 0.833. The maximum atomic E-state index is 12.4. The Labute approximate surface area is 108 Å². The van der Waals surface area contributed by atoms with Crippen molar-refractivity contribution < 1.29 is 19.1 Å². The molecule has 2 amide bonds. The summed E-state index contributed by atoms with van der Waals surface area (Å²) in [5.74, 6) is -0.111. The summed E-state index contributed by atoms with van der Waals surface area (Å²) in [5.41, 5.74) is 0. The SMILES string of the molecule is COC(=O)N[C@H](C(=O)N1CCCC1C)[C@@H](C)OC. The summed E-state index contributed by atoms with van der Waals surface area (Å²) in [6.45, 7) is 4.49. The molecule has 0 aromatic rings. The van der Waals surface area contributed by atoms with E-state index in [2.05, 4.69) is 10.1 Å². The second kappa shape index (κ2) is 6.58. The van der Waals surface area contributed by atoms with Crippen LogP contribution < -0.4 is 5.32 Å². The van der Waals surface area contributed by atoms with Gasteiger partial charge in [0.1, 0.15) is 6.04 Å². The molecule has 1 aliphatic heterocycles. The van der Waals surface area contributed by atoms with E-state index in [0.717, 1.165) is 19.4 Å². The molecule has 6 heteroatoms. The van der Waals surface area contributed by atoms with Crippen LogP contribution in [0.2, 0.25) is 0 Å². The van der Waals surface area contributed by atoms with Crippen LogP contribution in [0.5, 0.6) is 0 Å². The Balaban J connectivity index is 2.75. The third-order valence-electron chi connectivity index (χ3n) is 3.40. The number of alkyl carbamates (subject to hydrolysis) is 1. The average molecular weight is 258 g/mol. The first-order valence-electron chi connectivity index (χ1n) is 6.19. The van der Waals surface area contributed by atoms with Gasteiger partial charge >= 0.3 is 6.09 Å². The highest BCUT2D eigenvalue weighted by molar-refractivity contribution is 5.86. The molecule has 6 nitrogen and oxygen atoms in total. The minimum Gasteiger partial charge on any atom is -0.453 e. The first kappa shape index (κ1) is 14.8. The van der Waals surface area contributed by atoms with E-state index >= 15 is 0 Å². The number of carbonyl (C=O) groups excluding carboxylic acids is 2. The monoisotopic (exact) mass is 258 g/mol. The van der Waals surface area contributed by atoms with E-state index in [0.29, 0.717) is 0 Å². The number of amides is 2. The molecule has 104 valence electrons. The number of hydrogen-bond donors (Lipinski definition) is 1. The van der Waals surface area contributed by atoms with Crippen LogP contribution in [0.1, 0.15) is 26.7 Å². The number of hydrogen-bond acceptors (Lipinski definition) is 4. The smallest absolute Gasteiger partial charge is 0.407 e. The van der Waals surface area contributed by atoms with Gasteiger partial charge in [-0.05, 0) is 26.7 Å². The van der Waals surface area contributed by atoms with Crippen LogP contribution in [0.3, 0.4) is 0 Å². The molecule has 1 N–H and O–H groups in total. The maximum absolute atomic E-state index is 12.4. The fourth-order valence-corrected chi connectivity index (χ4v) is 2.14. The van der Waals surface area contributed by atoms with E-state index in [1.165, 1.54) is 14.2 Å². The Kier molecular flexibility index (Phi) is 5.40. The van der Waals surface area contributed by atoms with E-state index < -0.39 is 18.2 Å². The Hall–Kier alpha value is -1.30. The van der Waals surface area contributed by atoms with Crippen LogP contribution in [0.25, 0.3) is 0 Å². The van der Waals surface area contributed by atoms with Gasteiger partial charge in [0, 0.05) is 19.7 Å². The van der Waals surface area contributed by atoms with Crippen molar-refractivity contribution in [3.63, 3.8) is 0 Å². The molecule has 0 radical (unpaired) electrons. The number of nitrogens with zero attached hydrogens (tertiary/aromatic N) is 1. The third kappa shape index (κ3) is 3.35. The molecule has 0 saturated carbocycles. The van der Waals surface area contributed by atoms with E-state index in [1.54, 1.807) is 11.8 Å². The van der Waals surface area contributed by atoms with Crippen molar-refractivity contribution in [2.24, 2.45) is 0 Å². The second-order valence-corrected chi connectivity index (χ2v) is 4.58. The topological polar surface area (TPSA) is 67.9 Å². The summed E-state index contributed by atoms with van der Waals surface area (Å²) in [5, 5.41) is 2.54. The van der Waals surface area contributed by atoms with Gasteiger partial charge in [0.05, 0.1) is 13.2 Å². The zero-order valence-corrected chi connectivity index (χ0v) is 11.4. The summed E-state index contributed by atoms with van der Waals surface area (Å²) in [6, 6.07) is -0.494. The molecule has 0 aromatic carbocycles. The van der Waals surface area contributed by atoms with Gasteiger partial charge in [-0.25, -0.2) is 4.79 Å². The molecule has 1 saturated heterocycles. The van der Waals surface area contributed by atoms with Crippen molar-refractivity contribution >= 4 is 12.0 Å². The molecule has 0 aliphatic carbocycles. The van der Waals surface area contributed by atoms with Crippen LogP contribution in [0.4, 0.5) is 4.79 Å². The highest BCUT2D eigenvalue weighted by atomic mass is 16.5. The van der Waals surface area contributed by atoms with Gasteiger partial charge in [-0.1, -0.05) is 0 Å². The number of methoxy groups -OCH3 is 2. The molecule has 3 atom stereocenters.